The zero-order valence-corrected chi connectivity index (χ0v) is 8.25. The summed E-state index contributed by atoms with van der Waals surface area (Å²) in [7, 11) is 0. The topological polar surface area (TPSA) is 41.6 Å². The molecule has 1 amide bonds. The van der Waals surface area contributed by atoms with Crippen LogP contribution in [0.25, 0.3) is 0 Å². The van der Waals surface area contributed by atoms with Crippen LogP contribution in [-0.2, 0) is 16.1 Å². The van der Waals surface area contributed by atoms with Gasteiger partial charge in [0.15, 0.2) is 6.10 Å². The number of carbonyl (C=O) groups excluding carboxylic acids is 1. The van der Waals surface area contributed by atoms with E-state index in [0.717, 1.165) is 5.56 Å². The molecule has 1 aliphatic rings. The van der Waals surface area contributed by atoms with E-state index >= 15 is 0 Å². The van der Waals surface area contributed by atoms with Gasteiger partial charge in [-0.25, -0.2) is 0 Å². The number of benzene rings is 1. The van der Waals surface area contributed by atoms with Crippen molar-refractivity contribution in [3.05, 3.63) is 34.9 Å². The van der Waals surface area contributed by atoms with Crippen LogP contribution in [0, 0.1) is 0 Å². The van der Waals surface area contributed by atoms with Crippen LogP contribution in [0.5, 0.6) is 0 Å². The van der Waals surface area contributed by atoms with Crippen LogP contribution in [0.2, 0.25) is 5.02 Å². The SMILES string of the molecule is O=C(NCc1cccc(Cl)c1)C1CO1. The molecule has 14 heavy (non-hydrogen) atoms. The summed E-state index contributed by atoms with van der Waals surface area (Å²) in [5, 5.41) is 3.45. The molecule has 1 aromatic rings. The number of halogens is 1. The molecule has 74 valence electrons. The van der Waals surface area contributed by atoms with Crippen molar-refractivity contribution in [2.24, 2.45) is 0 Å². The van der Waals surface area contributed by atoms with E-state index in [4.69, 9.17) is 16.3 Å². The van der Waals surface area contributed by atoms with Gasteiger partial charge in [0.1, 0.15) is 0 Å². The van der Waals surface area contributed by atoms with E-state index in [0.29, 0.717) is 18.2 Å². The van der Waals surface area contributed by atoms with Crippen LogP contribution in [0.15, 0.2) is 24.3 Å². The number of carbonyl (C=O) groups is 1. The fourth-order valence-corrected chi connectivity index (χ4v) is 1.36. The van der Waals surface area contributed by atoms with Crippen LogP contribution in [0.3, 0.4) is 0 Å². The van der Waals surface area contributed by atoms with Gasteiger partial charge in [-0.3, -0.25) is 4.79 Å². The second kappa shape index (κ2) is 3.98. The number of hydrogen-bond acceptors (Lipinski definition) is 2. The highest BCUT2D eigenvalue weighted by Crippen LogP contribution is 2.11. The average Bonchev–Trinajstić information content (AvgIpc) is 2.97. The van der Waals surface area contributed by atoms with Crippen LogP contribution >= 0.6 is 11.6 Å². The minimum atomic E-state index is -0.228. The average molecular weight is 212 g/mol. The van der Waals surface area contributed by atoms with E-state index in [1.54, 1.807) is 6.07 Å². The lowest BCUT2D eigenvalue weighted by molar-refractivity contribution is -0.122. The van der Waals surface area contributed by atoms with Crippen molar-refractivity contribution < 1.29 is 9.53 Å². The molecular weight excluding hydrogens is 202 g/mol. The molecule has 4 heteroatoms. The van der Waals surface area contributed by atoms with Crippen molar-refractivity contribution in [1.82, 2.24) is 5.32 Å². The number of amides is 1. The highest BCUT2D eigenvalue weighted by Gasteiger charge is 2.30. The Balaban J connectivity index is 1.87. The maximum Gasteiger partial charge on any atom is 0.251 e. The first-order chi connectivity index (χ1) is 6.75. The molecule has 0 radical (unpaired) electrons. The highest BCUT2D eigenvalue weighted by atomic mass is 35.5. The summed E-state index contributed by atoms with van der Waals surface area (Å²) in [6.45, 7) is 1.04. The van der Waals surface area contributed by atoms with E-state index < -0.39 is 0 Å². The molecule has 1 N–H and O–H groups in total. The molecule has 2 rings (SSSR count). The third-order valence-electron chi connectivity index (χ3n) is 1.98. The highest BCUT2D eigenvalue weighted by molar-refractivity contribution is 6.30. The van der Waals surface area contributed by atoms with Crippen molar-refractivity contribution in [3.8, 4) is 0 Å². The zero-order chi connectivity index (χ0) is 9.97. The van der Waals surface area contributed by atoms with Gasteiger partial charge in [0, 0.05) is 11.6 Å². The Hall–Kier alpha value is -1.06. The molecule has 1 unspecified atom stereocenters. The van der Waals surface area contributed by atoms with Crippen molar-refractivity contribution >= 4 is 17.5 Å². The molecule has 1 aliphatic heterocycles. The Kier molecular flexibility index (Phi) is 2.70. The van der Waals surface area contributed by atoms with Gasteiger partial charge in [-0.05, 0) is 17.7 Å². The molecule has 0 spiro atoms. The molecule has 0 aliphatic carbocycles. The Morgan fingerprint density at radius 1 is 1.64 bits per heavy atom. The van der Waals surface area contributed by atoms with Gasteiger partial charge < -0.3 is 10.1 Å². The third-order valence-corrected chi connectivity index (χ3v) is 2.22. The number of rotatable bonds is 3. The van der Waals surface area contributed by atoms with E-state index in [1.807, 2.05) is 18.2 Å². The van der Waals surface area contributed by atoms with Crippen molar-refractivity contribution in [1.29, 1.82) is 0 Å². The number of epoxide rings is 1. The largest absolute Gasteiger partial charge is 0.363 e. The molecule has 0 saturated carbocycles. The number of hydrogen-bond donors (Lipinski definition) is 1. The molecule has 1 saturated heterocycles. The maximum absolute atomic E-state index is 11.2. The molecule has 0 bridgehead atoms. The molecule has 0 aromatic heterocycles. The molecule has 1 aromatic carbocycles. The monoisotopic (exact) mass is 211 g/mol. The van der Waals surface area contributed by atoms with Gasteiger partial charge in [0.05, 0.1) is 6.61 Å². The first-order valence-electron chi connectivity index (χ1n) is 4.39. The Bertz CT molecular complexity index is 350. The smallest absolute Gasteiger partial charge is 0.251 e. The summed E-state index contributed by atoms with van der Waals surface area (Å²) in [4.78, 5) is 11.2. The minimum Gasteiger partial charge on any atom is -0.363 e. The number of nitrogens with one attached hydrogen (secondary N) is 1. The van der Waals surface area contributed by atoms with Gasteiger partial charge in [-0.2, -0.15) is 0 Å². The summed E-state index contributed by atoms with van der Waals surface area (Å²) in [5.41, 5.74) is 0.992. The van der Waals surface area contributed by atoms with E-state index in [9.17, 15) is 4.79 Å². The predicted molar refractivity (Wildman–Crippen MR) is 53.0 cm³/mol. The minimum absolute atomic E-state index is 0.0509. The lowest BCUT2D eigenvalue weighted by atomic mass is 10.2. The summed E-state index contributed by atoms with van der Waals surface area (Å²) in [6.07, 6.45) is -0.228. The predicted octanol–water partition coefficient (Wildman–Crippen LogP) is 1.35. The van der Waals surface area contributed by atoms with Crippen molar-refractivity contribution in [2.45, 2.75) is 12.6 Å². The summed E-state index contributed by atoms with van der Waals surface area (Å²) >= 11 is 5.80. The molecule has 1 atom stereocenters. The van der Waals surface area contributed by atoms with E-state index in [1.165, 1.54) is 0 Å². The van der Waals surface area contributed by atoms with Crippen molar-refractivity contribution in [3.63, 3.8) is 0 Å². The fourth-order valence-electron chi connectivity index (χ4n) is 1.15. The lowest BCUT2D eigenvalue weighted by Crippen LogP contribution is -2.27. The van der Waals surface area contributed by atoms with Crippen LogP contribution < -0.4 is 5.32 Å². The van der Waals surface area contributed by atoms with Crippen LogP contribution in [0.4, 0.5) is 0 Å². The molecule has 1 fully saturated rings. The quantitative estimate of drug-likeness (QED) is 0.767. The van der Waals surface area contributed by atoms with Gasteiger partial charge in [-0.1, -0.05) is 23.7 Å². The third kappa shape index (κ3) is 2.47. The zero-order valence-electron chi connectivity index (χ0n) is 7.50. The Morgan fingerprint density at radius 3 is 3.07 bits per heavy atom. The Morgan fingerprint density at radius 2 is 2.43 bits per heavy atom. The summed E-state index contributed by atoms with van der Waals surface area (Å²) < 4.78 is 4.84. The fraction of sp³-hybridized carbons (Fsp3) is 0.300. The van der Waals surface area contributed by atoms with Crippen LogP contribution in [-0.4, -0.2) is 18.6 Å². The van der Waals surface area contributed by atoms with Gasteiger partial charge >= 0.3 is 0 Å². The molecule has 1 heterocycles. The van der Waals surface area contributed by atoms with E-state index in [-0.39, 0.29) is 12.0 Å². The molecule has 3 nitrogen and oxygen atoms in total. The van der Waals surface area contributed by atoms with Gasteiger partial charge in [0.25, 0.3) is 5.91 Å². The Labute approximate surface area is 87.0 Å². The second-order valence-electron chi connectivity index (χ2n) is 3.17. The van der Waals surface area contributed by atoms with E-state index in [2.05, 4.69) is 5.32 Å². The molecular formula is C10H10ClNO2. The lowest BCUT2D eigenvalue weighted by Gasteiger charge is -2.03. The van der Waals surface area contributed by atoms with Gasteiger partial charge in [0.2, 0.25) is 0 Å². The standard InChI is InChI=1S/C10H10ClNO2/c11-8-3-1-2-7(4-8)5-12-10(13)9-6-14-9/h1-4,9H,5-6H2,(H,12,13). The van der Waals surface area contributed by atoms with Crippen molar-refractivity contribution in [2.75, 3.05) is 6.61 Å². The maximum atomic E-state index is 11.2. The second-order valence-corrected chi connectivity index (χ2v) is 3.61. The van der Waals surface area contributed by atoms with Crippen LogP contribution in [0.1, 0.15) is 5.56 Å². The normalized spacial score (nSPS) is 19.1. The first-order valence-corrected chi connectivity index (χ1v) is 4.77. The summed E-state index contributed by atoms with van der Waals surface area (Å²) in [6, 6.07) is 7.41. The number of ether oxygens (including phenoxy) is 1. The first kappa shape index (κ1) is 9.49. The summed E-state index contributed by atoms with van der Waals surface area (Å²) in [5.74, 6) is -0.0509. The van der Waals surface area contributed by atoms with Gasteiger partial charge in [-0.15, -0.1) is 0 Å².